The number of hydrazone groups is 1. The number of rotatable bonds is 4. The van der Waals surface area contributed by atoms with Crippen molar-refractivity contribution in [3.05, 3.63) is 76.6 Å². The van der Waals surface area contributed by atoms with Crippen LogP contribution in [0.2, 0.25) is 0 Å². The number of azo groups is 1. The molecule has 0 spiro atoms. The van der Waals surface area contributed by atoms with Gasteiger partial charge in [0, 0.05) is 15.4 Å². The summed E-state index contributed by atoms with van der Waals surface area (Å²) in [4.78, 5) is 17.6. The van der Waals surface area contributed by atoms with Crippen LogP contribution in [0.3, 0.4) is 0 Å². The maximum absolute atomic E-state index is 13.0. The lowest BCUT2D eigenvalue weighted by molar-refractivity contribution is -0.117. The lowest BCUT2D eigenvalue weighted by Gasteiger charge is -2.08. The average Bonchev–Trinajstić information content (AvgIpc) is 3.37. The van der Waals surface area contributed by atoms with Gasteiger partial charge in [-0.2, -0.15) is 20.3 Å². The van der Waals surface area contributed by atoms with Gasteiger partial charge in [0.05, 0.1) is 17.1 Å². The summed E-state index contributed by atoms with van der Waals surface area (Å²) in [5.41, 5.74) is 3.07. The van der Waals surface area contributed by atoms with Crippen molar-refractivity contribution >= 4 is 60.5 Å². The fourth-order valence-electron chi connectivity index (χ4n) is 3.30. The van der Waals surface area contributed by atoms with E-state index in [1.165, 1.54) is 16.3 Å². The Labute approximate surface area is 191 Å². The Morgan fingerprint density at radius 2 is 1.81 bits per heavy atom. The van der Waals surface area contributed by atoms with E-state index < -0.39 is 6.04 Å². The van der Waals surface area contributed by atoms with Crippen LogP contribution in [0.15, 0.2) is 91.9 Å². The second kappa shape index (κ2) is 8.13. The van der Waals surface area contributed by atoms with Gasteiger partial charge in [0.15, 0.2) is 6.04 Å². The molecule has 0 N–H and O–H groups in total. The SMILES string of the molecule is CC1=NN(c2nc(-c3ccc(Br)cc3)cs2)C(=O)[C@H]1N=Nc1ccc2ccccc2c1. The molecule has 0 radical (unpaired) electrons. The molecule has 0 fully saturated rings. The molecule has 1 atom stereocenters. The van der Waals surface area contributed by atoms with Crippen molar-refractivity contribution in [1.82, 2.24) is 4.98 Å². The van der Waals surface area contributed by atoms with E-state index in [-0.39, 0.29) is 5.91 Å². The van der Waals surface area contributed by atoms with Gasteiger partial charge in [0.25, 0.3) is 5.91 Å². The number of carbonyl (C=O) groups excluding carboxylic acids is 1. The molecule has 0 bridgehead atoms. The van der Waals surface area contributed by atoms with E-state index in [0.717, 1.165) is 26.5 Å². The molecule has 1 aliphatic heterocycles. The molecule has 0 saturated carbocycles. The summed E-state index contributed by atoms with van der Waals surface area (Å²) >= 11 is 4.81. The Hall–Kier alpha value is -3.23. The second-order valence-corrected chi connectivity index (χ2v) is 8.82. The third-order valence-corrected chi connectivity index (χ3v) is 6.28. The van der Waals surface area contributed by atoms with E-state index >= 15 is 0 Å². The highest BCUT2D eigenvalue weighted by Gasteiger charge is 2.36. The quantitative estimate of drug-likeness (QED) is 0.303. The van der Waals surface area contributed by atoms with Gasteiger partial charge in [-0.1, -0.05) is 58.4 Å². The molecular weight excluding hydrogens is 474 g/mol. The van der Waals surface area contributed by atoms with Crippen molar-refractivity contribution in [3.63, 3.8) is 0 Å². The first-order valence-electron chi connectivity index (χ1n) is 9.59. The number of anilines is 1. The van der Waals surface area contributed by atoms with Gasteiger partial charge >= 0.3 is 0 Å². The molecule has 0 aliphatic carbocycles. The molecular formula is C23H16BrN5OS. The highest BCUT2D eigenvalue weighted by molar-refractivity contribution is 9.10. The van der Waals surface area contributed by atoms with E-state index in [0.29, 0.717) is 16.5 Å². The lowest BCUT2D eigenvalue weighted by atomic mass is 10.1. The minimum Gasteiger partial charge on any atom is -0.269 e. The van der Waals surface area contributed by atoms with Crippen molar-refractivity contribution in [2.24, 2.45) is 15.3 Å². The largest absolute Gasteiger partial charge is 0.282 e. The van der Waals surface area contributed by atoms with Gasteiger partial charge in [0.1, 0.15) is 0 Å². The molecule has 6 nitrogen and oxygen atoms in total. The van der Waals surface area contributed by atoms with Crippen LogP contribution in [-0.4, -0.2) is 22.6 Å². The van der Waals surface area contributed by atoms with Crippen molar-refractivity contribution in [2.45, 2.75) is 13.0 Å². The summed E-state index contributed by atoms with van der Waals surface area (Å²) in [6.07, 6.45) is 0. The van der Waals surface area contributed by atoms with Gasteiger partial charge in [-0.15, -0.1) is 11.3 Å². The molecule has 31 heavy (non-hydrogen) atoms. The van der Waals surface area contributed by atoms with Crippen molar-refractivity contribution in [3.8, 4) is 11.3 Å². The maximum Gasteiger partial charge on any atom is 0.282 e. The monoisotopic (exact) mass is 489 g/mol. The third kappa shape index (κ3) is 3.92. The number of nitrogens with zero attached hydrogens (tertiary/aromatic N) is 5. The van der Waals surface area contributed by atoms with Gasteiger partial charge in [-0.05, 0) is 42.0 Å². The first kappa shape index (κ1) is 19.7. The summed E-state index contributed by atoms with van der Waals surface area (Å²) in [5, 5.41) is 19.0. The van der Waals surface area contributed by atoms with Gasteiger partial charge in [0.2, 0.25) is 5.13 Å². The third-order valence-electron chi connectivity index (χ3n) is 4.93. The highest BCUT2D eigenvalue weighted by atomic mass is 79.9. The topological polar surface area (TPSA) is 70.3 Å². The molecule has 152 valence electrons. The van der Waals surface area contributed by atoms with Crippen LogP contribution in [0.25, 0.3) is 22.0 Å². The highest BCUT2D eigenvalue weighted by Crippen LogP contribution is 2.31. The second-order valence-electron chi connectivity index (χ2n) is 7.06. The average molecular weight is 490 g/mol. The normalized spacial score (nSPS) is 16.5. The zero-order chi connectivity index (χ0) is 21.4. The molecule has 2 heterocycles. The number of carbonyl (C=O) groups is 1. The van der Waals surface area contributed by atoms with E-state index in [1.54, 1.807) is 6.92 Å². The molecule has 0 unspecified atom stereocenters. The van der Waals surface area contributed by atoms with E-state index in [1.807, 2.05) is 72.1 Å². The minimum atomic E-state index is -0.744. The van der Waals surface area contributed by atoms with Crippen LogP contribution in [0, 0.1) is 0 Å². The Bertz CT molecular complexity index is 1350. The van der Waals surface area contributed by atoms with Gasteiger partial charge in [-0.25, -0.2) is 4.98 Å². The molecule has 5 rings (SSSR count). The number of aromatic nitrogens is 1. The summed E-state index contributed by atoms with van der Waals surface area (Å²) in [5.74, 6) is -0.251. The maximum atomic E-state index is 13.0. The number of fused-ring (bicyclic) bond motifs is 1. The summed E-state index contributed by atoms with van der Waals surface area (Å²) < 4.78 is 1.00. The minimum absolute atomic E-state index is 0.251. The summed E-state index contributed by atoms with van der Waals surface area (Å²) in [7, 11) is 0. The zero-order valence-corrected chi connectivity index (χ0v) is 18.8. The van der Waals surface area contributed by atoms with Crippen LogP contribution in [0.5, 0.6) is 0 Å². The lowest BCUT2D eigenvalue weighted by Crippen LogP contribution is -2.29. The van der Waals surface area contributed by atoms with Crippen LogP contribution < -0.4 is 5.01 Å². The number of benzene rings is 3. The summed E-state index contributed by atoms with van der Waals surface area (Å²) in [6.45, 7) is 1.78. The van der Waals surface area contributed by atoms with E-state index in [2.05, 4.69) is 36.2 Å². The predicted molar refractivity (Wildman–Crippen MR) is 128 cm³/mol. The standard InChI is InChI=1S/C23H16BrN5OS/c1-14-21(27-26-19-11-8-15-4-2-3-5-17(15)12-19)22(30)29(28-14)23-25-20(13-31-23)16-6-9-18(24)10-7-16/h2-13,21H,1H3/t21-/m0/s1. The number of hydrogen-bond donors (Lipinski definition) is 0. The Morgan fingerprint density at radius 3 is 2.61 bits per heavy atom. The van der Waals surface area contributed by atoms with Crippen molar-refractivity contribution in [1.29, 1.82) is 0 Å². The van der Waals surface area contributed by atoms with Gasteiger partial charge in [-0.3, -0.25) is 4.79 Å². The van der Waals surface area contributed by atoms with Crippen LogP contribution in [0.4, 0.5) is 10.8 Å². The van der Waals surface area contributed by atoms with E-state index in [4.69, 9.17) is 0 Å². The zero-order valence-electron chi connectivity index (χ0n) is 16.4. The fourth-order valence-corrected chi connectivity index (χ4v) is 4.36. The fraction of sp³-hybridized carbons (Fsp3) is 0.0870. The van der Waals surface area contributed by atoms with Crippen LogP contribution in [-0.2, 0) is 4.79 Å². The number of hydrogen-bond acceptors (Lipinski definition) is 6. The first-order chi connectivity index (χ1) is 15.1. The number of halogens is 1. The first-order valence-corrected chi connectivity index (χ1v) is 11.3. The van der Waals surface area contributed by atoms with Crippen molar-refractivity contribution < 1.29 is 4.79 Å². The smallest absolute Gasteiger partial charge is 0.269 e. The van der Waals surface area contributed by atoms with Crippen molar-refractivity contribution in [2.75, 3.05) is 5.01 Å². The molecule has 1 aromatic heterocycles. The molecule has 0 saturated heterocycles. The number of thiazole rings is 1. The van der Waals surface area contributed by atoms with Crippen LogP contribution in [0.1, 0.15) is 6.92 Å². The van der Waals surface area contributed by atoms with Crippen LogP contribution >= 0.6 is 27.3 Å². The van der Waals surface area contributed by atoms with E-state index in [9.17, 15) is 4.79 Å². The van der Waals surface area contributed by atoms with Gasteiger partial charge < -0.3 is 0 Å². The Kier molecular flexibility index (Phi) is 5.17. The summed E-state index contributed by atoms with van der Waals surface area (Å²) in [6, 6.07) is 21.0. The number of amides is 1. The molecule has 1 amide bonds. The molecule has 1 aliphatic rings. The Morgan fingerprint density at radius 1 is 1.03 bits per heavy atom. The molecule has 4 aromatic rings. The molecule has 8 heteroatoms. The predicted octanol–water partition coefficient (Wildman–Crippen LogP) is 6.60. The Balaban J connectivity index is 1.36. The molecule has 3 aromatic carbocycles.